The predicted octanol–water partition coefficient (Wildman–Crippen LogP) is 3.02. The van der Waals surface area contributed by atoms with E-state index in [1.165, 1.54) is 11.8 Å². The number of rotatable bonds is 5. The second kappa shape index (κ2) is 6.70. The van der Waals surface area contributed by atoms with Crippen LogP contribution < -0.4 is 0 Å². The minimum absolute atomic E-state index is 0.00678. The summed E-state index contributed by atoms with van der Waals surface area (Å²) < 4.78 is 0. The van der Waals surface area contributed by atoms with Crippen LogP contribution in [0.2, 0.25) is 10.0 Å². The van der Waals surface area contributed by atoms with Crippen molar-refractivity contribution in [2.75, 3.05) is 18.8 Å². The summed E-state index contributed by atoms with van der Waals surface area (Å²) in [4.78, 5) is 24.9. The molecule has 0 atom stereocenters. The molecule has 0 bridgehead atoms. The fraction of sp³-hybridized carbons (Fsp3) is 0.385. The van der Waals surface area contributed by atoms with Gasteiger partial charge in [0.15, 0.2) is 0 Å². The van der Waals surface area contributed by atoms with E-state index in [9.17, 15) is 9.59 Å². The van der Waals surface area contributed by atoms with Crippen molar-refractivity contribution >= 4 is 46.8 Å². The Balaban J connectivity index is 1.79. The van der Waals surface area contributed by atoms with E-state index in [1.807, 2.05) is 0 Å². The van der Waals surface area contributed by atoms with Gasteiger partial charge in [0.1, 0.15) is 0 Å². The number of hydrogen-bond donors (Lipinski definition) is 1. The minimum Gasteiger partial charge on any atom is -0.481 e. The highest BCUT2D eigenvalue weighted by Gasteiger charge is 2.31. The van der Waals surface area contributed by atoms with E-state index in [2.05, 4.69) is 0 Å². The lowest BCUT2D eigenvalue weighted by Gasteiger charge is -2.38. The van der Waals surface area contributed by atoms with Crippen molar-refractivity contribution < 1.29 is 14.7 Å². The molecule has 0 radical (unpaired) electrons. The molecule has 108 valence electrons. The third-order valence-electron chi connectivity index (χ3n) is 3.02. The number of hydrogen-bond acceptors (Lipinski definition) is 3. The maximum atomic E-state index is 11.9. The van der Waals surface area contributed by atoms with Gasteiger partial charge in [0.2, 0.25) is 5.91 Å². The lowest BCUT2D eigenvalue weighted by atomic mass is 9.96. The number of thioether (sulfide) groups is 1. The van der Waals surface area contributed by atoms with Gasteiger partial charge >= 0.3 is 5.97 Å². The van der Waals surface area contributed by atoms with Gasteiger partial charge in [-0.15, -0.1) is 11.8 Å². The molecule has 0 unspecified atom stereocenters. The van der Waals surface area contributed by atoms with Gasteiger partial charge < -0.3 is 10.0 Å². The van der Waals surface area contributed by atoms with Crippen LogP contribution in [0.15, 0.2) is 23.1 Å². The number of amides is 1. The van der Waals surface area contributed by atoms with Crippen LogP contribution in [0.5, 0.6) is 0 Å². The SMILES string of the molecule is O=C(O)CC1CN(C(=O)CSc2cc(Cl)ccc2Cl)C1. The molecule has 1 amide bonds. The summed E-state index contributed by atoms with van der Waals surface area (Å²) >= 11 is 13.2. The molecule has 1 aliphatic rings. The van der Waals surface area contributed by atoms with Crippen molar-refractivity contribution in [3.63, 3.8) is 0 Å². The maximum absolute atomic E-state index is 11.9. The smallest absolute Gasteiger partial charge is 0.303 e. The first-order valence-electron chi connectivity index (χ1n) is 6.03. The Morgan fingerprint density at radius 1 is 1.35 bits per heavy atom. The largest absolute Gasteiger partial charge is 0.481 e. The average molecular weight is 334 g/mol. The maximum Gasteiger partial charge on any atom is 0.303 e. The summed E-state index contributed by atoms with van der Waals surface area (Å²) in [5, 5.41) is 9.80. The highest BCUT2D eigenvalue weighted by Crippen LogP contribution is 2.30. The van der Waals surface area contributed by atoms with Gasteiger partial charge in [-0.2, -0.15) is 0 Å². The lowest BCUT2D eigenvalue weighted by Crippen LogP contribution is -2.51. The van der Waals surface area contributed by atoms with Gasteiger partial charge in [-0.3, -0.25) is 9.59 Å². The Hall–Kier alpha value is -0.910. The number of aliphatic carboxylic acids is 1. The number of carboxylic acids is 1. The third kappa shape index (κ3) is 4.04. The Morgan fingerprint density at radius 2 is 2.05 bits per heavy atom. The van der Waals surface area contributed by atoms with E-state index < -0.39 is 5.97 Å². The first-order chi connectivity index (χ1) is 9.45. The molecule has 1 fully saturated rings. The zero-order chi connectivity index (χ0) is 14.7. The third-order valence-corrected chi connectivity index (χ3v) is 4.73. The van der Waals surface area contributed by atoms with Crippen molar-refractivity contribution in [3.05, 3.63) is 28.2 Å². The zero-order valence-electron chi connectivity index (χ0n) is 10.5. The molecule has 4 nitrogen and oxygen atoms in total. The fourth-order valence-corrected chi connectivity index (χ4v) is 3.36. The predicted molar refractivity (Wildman–Crippen MR) is 79.5 cm³/mol. The number of nitrogens with zero attached hydrogens (tertiary/aromatic N) is 1. The summed E-state index contributed by atoms with van der Waals surface area (Å²) in [5.41, 5.74) is 0. The highest BCUT2D eigenvalue weighted by molar-refractivity contribution is 8.00. The van der Waals surface area contributed by atoms with E-state index in [0.29, 0.717) is 23.1 Å². The Morgan fingerprint density at radius 3 is 2.70 bits per heavy atom. The van der Waals surface area contributed by atoms with Crippen molar-refractivity contribution in [3.8, 4) is 0 Å². The van der Waals surface area contributed by atoms with Crippen LogP contribution in [0.1, 0.15) is 6.42 Å². The molecular formula is C13H13Cl2NO3S. The summed E-state index contributed by atoms with van der Waals surface area (Å²) in [5.74, 6) is -0.467. The summed E-state index contributed by atoms with van der Waals surface area (Å²) in [7, 11) is 0. The number of benzene rings is 1. The van der Waals surface area contributed by atoms with Crippen LogP contribution in [-0.4, -0.2) is 40.7 Å². The van der Waals surface area contributed by atoms with Gasteiger partial charge in [0.05, 0.1) is 17.2 Å². The second-order valence-corrected chi connectivity index (χ2v) is 6.49. The van der Waals surface area contributed by atoms with Gasteiger partial charge in [0.25, 0.3) is 0 Å². The zero-order valence-corrected chi connectivity index (χ0v) is 12.8. The first kappa shape index (κ1) is 15.5. The molecule has 0 spiro atoms. The van der Waals surface area contributed by atoms with Crippen LogP contribution in [0.4, 0.5) is 0 Å². The number of carbonyl (C=O) groups is 2. The Kier molecular flexibility index (Phi) is 5.18. The van der Waals surface area contributed by atoms with Gasteiger partial charge in [-0.1, -0.05) is 23.2 Å². The van der Waals surface area contributed by atoms with Crippen molar-refractivity contribution in [1.82, 2.24) is 4.90 Å². The van der Waals surface area contributed by atoms with Crippen LogP contribution in [0.25, 0.3) is 0 Å². The van der Waals surface area contributed by atoms with E-state index >= 15 is 0 Å². The minimum atomic E-state index is -0.817. The van der Waals surface area contributed by atoms with E-state index in [0.717, 1.165) is 4.90 Å². The lowest BCUT2D eigenvalue weighted by molar-refractivity contribution is -0.143. The molecule has 1 aromatic rings. The number of carbonyl (C=O) groups excluding carboxylic acids is 1. The summed E-state index contributed by atoms with van der Waals surface area (Å²) in [6.45, 7) is 1.05. The Labute approximate surface area is 131 Å². The van der Waals surface area contributed by atoms with Crippen LogP contribution in [-0.2, 0) is 9.59 Å². The van der Waals surface area contributed by atoms with Crippen LogP contribution >= 0.6 is 35.0 Å². The number of carboxylic acid groups (broad SMARTS) is 1. The van der Waals surface area contributed by atoms with Crippen LogP contribution in [0.3, 0.4) is 0 Å². The molecule has 1 N–H and O–H groups in total. The van der Waals surface area contributed by atoms with Crippen molar-refractivity contribution in [1.29, 1.82) is 0 Å². The molecule has 1 saturated heterocycles. The van der Waals surface area contributed by atoms with Crippen molar-refractivity contribution in [2.45, 2.75) is 11.3 Å². The van der Waals surface area contributed by atoms with Gasteiger partial charge in [-0.05, 0) is 18.2 Å². The van der Waals surface area contributed by atoms with Crippen LogP contribution in [0, 0.1) is 5.92 Å². The number of likely N-dealkylation sites (tertiary alicyclic amines) is 1. The molecule has 0 saturated carbocycles. The summed E-state index contributed by atoms with van der Waals surface area (Å²) in [6.07, 6.45) is 0.122. The second-order valence-electron chi connectivity index (χ2n) is 4.63. The van der Waals surface area contributed by atoms with Gasteiger partial charge in [0, 0.05) is 28.9 Å². The average Bonchev–Trinajstić information content (AvgIpc) is 2.33. The highest BCUT2D eigenvalue weighted by atomic mass is 35.5. The van der Waals surface area contributed by atoms with E-state index in [4.69, 9.17) is 28.3 Å². The quantitative estimate of drug-likeness (QED) is 0.841. The van der Waals surface area contributed by atoms with E-state index in [-0.39, 0.29) is 24.0 Å². The van der Waals surface area contributed by atoms with Gasteiger partial charge in [-0.25, -0.2) is 0 Å². The first-order valence-corrected chi connectivity index (χ1v) is 7.77. The molecule has 1 aromatic carbocycles. The Bertz CT molecular complexity index is 532. The molecule has 20 heavy (non-hydrogen) atoms. The van der Waals surface area contributed by atoms with E-state index in [1.54, 1.807) is 23.1 Å². The number of halogens is 2. The molecule has 1 aliphatic heterocycles. The standard InChI is InChI=1S/C13H13Cl2NO3S/c14-9-1-2-10(15)11(4-9)20-7-12(17)16-5-8(6-16)3-13(18)19/h1-2,4,8H,3,5-7H2,(H,18,19). The molecule has 0 aromatic heterocycles. The van der Waals surface area contributed by atoms with Crippen molar-refractivity contribution in [2.24, 2.45) is 5.92 Å². The topological polar surface area (TPSA) is 57.6 Å². The molecule has 7 heteroatoms. The molecular weight excluding hydrogens is 321 g/mol. The fourth-order valence-electron chi connectivity index (χ4n) is 1.97. The monoisotopic (exact) mass is 333 g/mol. The summed E-state index contributed by atoms with van der Waals surface area (Å²) in [6, 6.07) is 5.12. The normalized spacial score (nSPS) is 15.0. The molecule has 0 aliphatic carbocycles. The molecule has 2 rings (SSSR count). The molecule has 1 heterocycles.